The summed E-state index contributed by atoms with van der Waals surface area (Å²) in [5, 5.41) is 0. The Labute approximate surface area is 199 Å². The summed E-state index contributed by atoms with van der Waals surface area (Å²) >= 11 is 0. The second-order valence-electron chi connectivity index (χ2n) is 9.11. The predicted molar refractivity (Wildman–Crippen MR) is 136 cm³/mol. The number of benzene rings is 2. The first-order valence-corrected chi connectivity index (χ1v) is 11.4. The van der Waals surface area contributed by atoms with Crippen molar-refractivity contribution in [2.75, 3.05) is 19.0 Å². The quantitative estimate of drug-likeness (QED) is 0.505. The molecule has 0 saturated heterocycles. The molecule has 0 unspecified atom stereocenters. The van der Waals surface area contributed by atoms with Gasteiger partial charge in [-0.15, -0.1) is 0 Å². The lowest BCUT2D eigenvalue weighted by Crippen LogP contribution is -2.35. The van der Waals surface area contributed by atoms with E-state index in [9.17, 15) is 9.59 Å². The molecule has 0 N–H and O–H groups in total. The number of anilines is 1. The fourth-order valence-corrected chi connectivity index (χ4v) is 4.87. The van der Waals surface area contributed by atoms with Crippen molar-refractivity contribution in [3.05, 3.63) is 107 Å². The zero-order chi connectivity index (χ0) is 24.0. The summed E-state index contributed by atoms with van der Waals surface area (Å²) in [5.74, 6) is -0.963. The smallest absolute Gasteiger partial charge is 0.171 e. The molecule has 0 aliphatic heterocycles. The maximum absolute atomic E-state index is 13.1. The fraction of sp³-hybridized carbons (Fsp3) is 0.207. The van der Waals surface area contributed by atoms with E-state index in [0.717, 1.165) is 28.3 Å². The Morgan fingerprint density at radius 2 is 1.56 bits per heavy atom. The molecule has 1 aromatic heterocycles. The summed E-state index contributed by atoms with van der Waals surface area (Å²) in [4.78, 5) is 32.7. The molecule has 0 fully saturated rings. The molecule has 2 atom stereocenters. The van der Waals surface area contributed by atoms with Crippen molar-refractivity contribution in [1.82, 2.24) is 4.57 Å². The Morgan fingerprint density at radius 3 is 2.21 bits per heavy atom. The van der Waals surface area contributed by atoms with Gasteiger partial charge in [-0.1, -0.05) is 30.3 Å². The average Bonchev–Trinajstić information content (AvgIpc) is 3.13. The van der Waals surface area contributed by atoms with E-state index in [-0.39, 0.29) is 11.6 Å². The normalized spacial score (nSPS) is 19.2. The molecule has 170 valence electrons. The molecule has 0 radical (unpaired) electrons. The van der Waals surface area contributed by atoms with E-state index in [1.807, 2.05) is 38.5 Å². The van der Waals surface area contributed by atoms with Crippen LogP contribution >= 0.6 is 0 Å². The van der Waals surface area contributed by atoms with Gasteiger partial charge in [0, 0.05) is 59.8 Å². The van der Waals surface area contributed by atoms with Gasteiger partial charge in [0.2, 0.25) is 0 Å². The van der Waals surface area contributed by atoms with E-state index in [1.54, 1.807) is 24.3 Å². The summed E-state index contributed by atoms with van der Waals surface area (Å²) in [5.41, 5.74) is 7.20. The molecule has 5 heteroatoms. The monoisotopic (exact) mass is 449 g/mol. The van der Waals surface area contributed by atoms with Gasteiger partial charge in [-0.2, -0.15) is 0 Å². The molecule has 2 aliphatic rings. The van der Waals surface area contributed by atoms with Gasteiger partial charge in [-0.05, 0) is 56.3 Å². The van der Waals surface area contributed by atoms with E-state index >= 15 is 0 Å². The lowest BCUT2D eigenvalue weighted by molar-refractivity contribution is 0.0801. The Morgan fingerprint density at radius 1 is 0.912 bits per heavy atom. The van der Waals surface area contributed by atoms with Crippen LogP contribution in [0.15, 0.2) is 83.5 Å². The number of ketones is 2. The second-order valence-corrected chi connectivity index (χ2v) is 9.11. The number of fused-ring (bicyclic) bond motifs is 2. The molecule has 1 heterocycles. The number of aromatic nitrogens is 1. The number of rotatable bonds is 4. The van der Waals surface area contributed by atoms with E-state index in [2.05, 4.69) is 58.6 Å². The average molecular weight is 450 g/mol. The minimum absolute atomic E-state index is 0.000407. The van der Waals surface area contributed by atoms with Gasteiger partial charge in [0.05, 0.1) is 17.5 Å². The number of allylic oxidation sites excluding steroid dienone is 3. The topological polar surface area (TPSA) is 54.7 Å². The van der Waals surface area contributed by atoms with Crippen LogP contribution in [0.3, 0.4) is 0 Å². The second kappa shape index (κ2) is 8.41. The SMILES string of the molecule is Cc1cc(C=NC2=C[C@H]3C(=O)c4ccccc4C(=O)[C@H]3C=C2)c(C)n1-c1ccc(N(C)C)cc1. The third-order valence-corrected chi connectivity index (χ3v) is 6.72. The van der Waals surface area contributed by atoms with Crippen molar-refractivity contribution in [2.45, 2.75) is 13.8 Å². The summed E-state index contributed by atoms with van der Waals surface area (Å²) in [6.45, 7) is 4.16. The molecule has 2 aromatic carbocycles. The first kappa shape index (κ1) is 21.8. The first-order chi connectivity index (χ1) is 16.3. The number of carbonyl (C=O) groups is 2. The van der Waals surface area contributed by atoms with Crippen LogP contribution in [0.2, 0.25) is 0 Å². The summed E-state index contributed by atoms with van der Waals surface area (Å²) < 4.78 is 2.21. The molecule has 0 saturated carbocycles. The van der Waals surface area contributed by atoms with Crippen LogP contribution < -0.4 is 4.90 Å². The maximum atomic E-state index is 13.1. The molecule has 0 spiro atoms. The Kier molecular flexibility index (Phi) is 5.40. The summed E-state index contributed by atoms with van der Waals surface area (Å²) in [6.07, 6.45) is 7.34. The Balaban J connectivity index is 1.42. The van der Waals surface area contributed by atoms with Gasteiger partial charge in [0.1, 0.15) is 0 Å². The first-order valence-electron chi connectivity index (χ1n) is 11.4. The van der Waals surface area contributed by atoms with Crippen LogP contribution in [0.4, 0.5) is 5.69 Å². The zero-order valence-electron chi connectivity index (χ0n) is 19.8. The highest BCUT2D eigenvalue weighted by Crippen LogP contribution is 2.35. The largest absolute Gasteiger partial charge is 0.378 e. The molecule has 34 heavy (non-hydrogen) atoms. The molecule has 3 aromatic rings. The third-order valence-electron chi connectivity index (χ3n) is 6.72. The van der Waals surface area contributed by atoms with Gasteiger partial charge in [0.15, 0.2) is 11.6 Å². The van der Waals surface area contributed by atoms with E-state index in [1.165, 1.54) is 0 Å². The molecule has 0 amide bonds. The number of hydrogen-bond acceptors (Lipinski definition) is 4. The van der Waals surface area contributed by atoms with Gasteiger partial charge < -0.3 is 9.47 Å². The molecule has 5 rings (SSSR count). The van der Waals surface area contributed by atoms with Crippen LogP contribution in [0, 0.1) is 25.7 Å². The van der Waals surface area contributed by atoms with Crippen LogP contribution in [0.1, 0.15) is 37.7 Å². The third kappa shape index (κ3) is 3.63. The van der Waals surface area contributed by atoms with E-state index in [0.29, 0.717) is 16.8 Å². The van der Waals surface area contributed by atoms with Crippen molar-refractivity contribution in [3.63, 3.8) is 0 Å². The predicted octanol–water partition coefficient (Wildman–Crippen LogP) is 5.34. The Bertz CT molecular complexity index is 1390. The minimum atomic E-state index is -0.498. The van der Waals surface area contributed by atoms with Gasteiger partial charge in [0.25, 0.3) is 0 Å². The van der Waals surface area contributed by atoms with Crippen molar-refractivity contribution in [2.24, 2.45) is 16.8 Å². The van der Waals surface area contributed by atoms with Crippen LogP contribution in [-0.2, 0) is 0 Å². The highest BCUT2D eigenvalue weighted by atomic mass is 16.1. The Hall–Kier alpha value is -3.99. The number of nitrogens with zero attached hydrogens (tertiary/aromatic N) is 3. The summed E-state index contributed by atoms with van der Waals surface area (Å²) in [7, 11) is 4.06. The van der Waals surface area contributed by atoms with Gasteiger partial charge in [-0.25, -0.2) is 0 Å². The number of aliphatic imine (C=N–C) groups is 1. The van der Waals surface area contributed by atoms with Gasteiger partial charge >= 0.3 is 0 Å². The van der Waals surface area contributed by atoms with E-state index in [4.69, 9.17) is 0 Å². The number of aryl methyl sites for hydroxylation is 1. The van der Waals surface area contributed by atoms with E-state index < -0.39 is 11.8 Å². The molecule has 2 aliphatic carbocycles. The minimum Gasteiger partial charge on any atom is -0.378 e. The number of hydrogen-bond donors (Lipinski definition) is 0. The van der Waals surface area contributed by atoms with Crippen molar-refractivity contribution < 1.29 is 9.59 Å². The van der Waals surface area contributed by atoms with Crippen molar-refractivity contribution in [1.29, 1.82) is 0 Å². The number of carbonyl (C=O) groups excluding carboxylic acids is 2. The fourth-order valence-electron chi connectivity index (χ4n) is 4.87. The summed E-state index contributed by atoms with van der Waals surface area (Å²) in [6, 6.07) is 17.6. The molecular weight excluding hydrogens is 422 g/mol. The molecular formula is C29H27N3O2. The van der Waals surface area contributed by atoms with Gasteiger partial charge in [-0.3, -0.25) is 14.6 Å². The van der Waals surface area contributed by atoms with Crippen LogP contribution in [0.25, 0.3) is 5.69 Å². The molecule has 0 bridgehead atoms. The lowest BCUT2D eigenvalue weighted by Gasteiger charge is -2.28. The molecule has 5 nitrogen and oxygen atoms in total. The van der Waals surface area contributed by atoms with Crippen molar-refractivity contribution >= 4 is 23.5 Å². The highest BCUT2D eigenvalue weighted by Gasteiger charge is 2.40. The lowest BCUT2D eigenvalue weighted by atomic mass is 9.72. The number of Topliss-reactive ketones (excluding diaryl/α,β-unsaturated/α-hetero) is 2. The van der Waals surface area contributed by atoms with Crippen molar-refractivity contribution in [3.8, 4) is 5.69 Å². The highest BCUT2D eigenvalue weighted by molar-refractivity contribution is 6.17. The van der Waals surface area contributed by atoms with Crippen LogP contribution in [0.5, 0.6) is 0 Å². The zero-order valence-corrected chi connectivity index (χ0v) is 19.8. The standard InChI is InChI=1S/C29H27N3O2/c1-18-15-20(19(2)32(18)23-12-10-22(11-13-23)31(3)4)17-30-21-9-14-26-27(16-21)29(34)25-8-6-5-7-24(25)28(26)33/h5-17,26-27H,1-4H3/t26-,27+/m0/s1. The maximum Gasteiger partial charge on any atom is 0.171 e. The van der Waals surface area contributed by atoms with Crippen LogP contribution in [-0.4, -0.2) is 36.4 Å².